The average molecular weight is 322 g/mol. The number of aromatic amines is 1. The molecule has 7 heteroatoms. The lowest BCUT2D eigenvalue weighted by Gasteiger charge is -2.13. The van der Waals surface area contributed by atoms with E-state index in [0.29, 0.717) is 28.4 Å². The van der Waals surface area contributed by atoms with Gasteiger partial charge in [0.25, 0.3) is 5.56 Å². The highest BCUT2D eigenvalue weighted by Crippen LogP contribution is 2.33. The number of nitrogens with zero attached hydrogens (tertiary/aromatic N) is 5. The van der Waals surface area contributed by atoms with Gasteiger partial charge in [-0.25, -0.2) is 9.50 Å². The number of nitriles is 1. The first-order valence-corrected chi connectivity index (χ1v) is 8.16. The molecule has 0 aromatic carbocycles. The molecule has 122 valence electrons. The van der Waals surface area contributed by atoms with Crippen molar-refractivity contribution >= 4 is 5.65 Å². The van der Waals surface area contributed by atoms with Crippen LogP contribution in [0.5, 0.6) is 0 Å². The Hall–Kier alpha value is -2.88. The first-order chi connectivity index (χ1) is 11.6. The standard InChI is InChI=1S/C17H18N6O/c1-10(2)14-15(13-5-6-19-22(13)9-11-3-4-11)21-16-12(7-18)8-20-23(16)17(14)24/h5-6,8,10-11,20H,3-4,9H2,1-2H3. The zero-order valence-electron chi connectivity index (χ0n) is 13.7. The van der Waals surface area contributed by atoms with Gasteiger partial charge < -0.3 is 0 Å². The quantitative estimate of drug-likeness (QED) is 0.797. The summed E-state index contributed by atoms with van der Waals surface area (Å²) in [6.07, 6.45) is 5.70. The molecule has 3 aromatic rings. The molecule has 1 fully saturated rings. The third-order valence-electron chi connectivity index (χ3n) is 4.48. The number of aromatic nitrogens is 5. The highest BCUT2D eigenvalue weighted by atomic mass is 16.1. The van der Waals surface area contributed by atoms with E-state index in [-0.39, 0.29) is 11.5 Å². The van der Waals surface area contributed by atoms with Gasteiger partial charge in [-0.1, -0.05) is 13.8 Å². The lowest BCUT2D eigenvalue weighted by Crippen LogP contribution is -2.23. The smallest absolute Gasteiger partial charge is 0.276 e. The summed E-state index contributed by atoms with van der Waals surface area (Å²) >= 11 is 0. The van der Waals surface area contributed by atoms with Crippen LogP contribution in [0.3, 0.4) is 0 Å². The number of fused-ring (bicyclic) bond motifs is 1. The fourth-order valence-corrected chi connectivity index (χ4v) is 3.05. The summed E-state index contributed by atoms with van der Waals surface area (Å²) in [5.41, 5.74) is 2.67. The number of hydrogen-bond acceptors (Lipinski definition) is 4. The predicted octanol–water partition coefficient (Wildman–Crippen LogP) is 2.29. The van der Waals surface area contributed by atoms with Crippen LogP contribution in [0, 0.1) is 17.2 Å². The second kappa shape index (κ2) is 5.34. The summed E-state index contributed by atoms with van der Waals surface area (Å²) in [6, 6.07) is 3.97. The molecule has 0 amide bonds. The maximum Gasteiger partial charge on any atom is 0.276 e. The minimum atomic E-state index is -0.161. The number of nitrogens with one attached hydrogen (secondary N) is 1. The molecule has 24 heavy (non-hydrogen) atoms. The Morgan fingerprint density at radius 1 is 1.46 bits per heavy atom. The van der Waals surface area contributed by atoms with Crippen LogP contribution in [0.2, 0.25) is 0 Å². The zero-order valence-corrected chi connectivity index (χ0v) is 13.7. The second-order valence-corrected chi connectivity index (χ2v) is 6.63. The molecule has 0 unspecified atom stereocenters. The fourth-order valence-electron chi connectivity index (χ4n) is 3.05. The molecule has 0 spiro atoms. The van der Waals surface area contributed by atoms with Gasteiger partial charge in [0, 0.05) is 24.5 Å². The first kappa shape index (κ1) is 14.7. The SMILES string of the molecule is CC(C)c1c(-c2ccnn2CC2CC2)nc2c(C#N)c[nH]n2c1=O. The van der Waals surface area contributed by atoms with Crippen molar-refractivity contribution in [2.24, 2.45) is 5.92 Å². The van der Waals surface area contributed by atoms with Crippen LogP contribution < -0.4 is 5.56 Å². The van der Waals surface area contributed by atoms with E-state index in [1.54, 1.807) is 6.20 Å². The van der Waals surface area contributed by atoms with Gasteiger partial charge in [-0.05, 0) is 30.7 Å². The van der Waals surface area contributed by atoms with Gasteiger partial charge in [0.05, 0.1) is 11.4 Å². The first-order valence-electron chi connectivity index (χ1n) is 8.16. The van der Waals surface area contributed by atoms with E-state index in [0.717, 1.165) is 12.2 Å². The molecule has 1 aliphatic rings. The molecule has 3 heterocycles. The number of H-pyrrole nitrogens is 1. The molecule has 0 atom stereocenters. The van der Waals surface area contributed by atoms with Gasteiger partial charge in [0.15, 0.2) is 5.65 Å². The Balaban J connectivity index is 1.99. The highest BCUT2D eigenvalue weighted by molar-refractivity contribution is 5.65. The van der Waals surface area contributed by atoms with Crippen LogP contribution in [-0.2, 0) is 6.54 Å². The zero-order chi connectivity index (χ0) is 16.8. The van der Waals surface area contributed by atoms with Gasteiger partial charge in [-0.2, -0.15) is 10.4 Å². The molecule has 0 aliphatic heterocycles. The van der Waals surface area contributed by atoms with Gasteiger partial charge in [-0.15, -0.1) is 0 Å². The third kappa shape index (κ3) is 2.22. The van der Waals surface area contributed by atoms with Gasteiger partial charge in [0.2, 0.25) is 0 Å². The lowest BCUT2D eigenvalue weighted by atomic mass is 10.0. The predicted molar refractivity (Wildman–Crippen MR) is 88.6 cm³/mol. The van der Waals surface area contributed by atoms with Crippen LogP contribution in [0.4, 0.5) is 0 Å². The molecule has 1 saturated carbocycles. The second-order valence-electron chi connectivity index (χ2n) is 6.63. The van der Waals surface area contributed by atoms with E-state index in [9.17, 15) is 10.1 Å². The lowest BCUT2D eigenvalue weighted by molar-refractivity contribution is 0.567. The molecule has 0 saturated heterocycles. The monoisotopic (exact) mass is 322 g/mol. The molecule has 7 nitrogen and oxygen atoms in total. The van der Waals surface area contributed by atoms with Crippen LogP contribution in [-0.4, -0.2) is 24.4 Å². The number of hydrogen-bond donors (Lipinski definition) is 1. The van der Waals surface area contributed by atoms with E-state index < -0.39 is 0 Å². The van der Waals surface area contributed by atoms with Crippen molar-refractivity contribution in [1.29, 1.82) is 5.26 Å². The third-order valence-corrected chi connectivity index (χ3v) is 4.48. The normalized spacial score (nSPS) is 14.4. The topological polar surface area (TPSA) is 91.8 Å². The fraction of sp³-hybridized carbons (Fsp3) is 0.412. The van der Waals surface area contributed by atoms with E-state index in [2.05, 4.69) is 21.3 Å². The van der Waals surface area contributed by atoms with Crippen molar-refractivity contribution in [2.45, 2.75) is 39.2 Å². The Morgan fingerprint density at radius 3 is 2.92 bits per heavy atom. The maximum atomic E-state index is 12.9. The Labute approximate surface area is 138 Å². The molecule has 0 bridgehead atoms. The summed E-state index contributed by atoms with van der Waals surface area (Å²) in [6.45, 7) is 4.80. The summed E-state index contributed by atoms with van der Waals surface area (Å²) in [4.78, 5) is 17.6. The Bertz CT molecular complexity index is 1010. The van der Waals surface area contributed by atoms with Crippen LogP contribution in [0.25, 0.3) is 17.0 Å². The summed E-state index contributed by atoms with van der Waals surface area (Å²) in [5, 5.41) is 16.5. The highest BCUT2D eigenvalue weighted by Gasteiger charge is 2.26. The van der Waals surface area contributed by atoms with Gasteiger partial charge in [0.1, 0.15) is 11.6 Å². The summed E-state index contributed by atoms with van der Waals surface area (Å²) in [5.74, 6) is 0.674. The van der Waals surface area contributed by atoms with Crippen LogP contribution >= 0.6 is 0 Å². The van der Waals surface area contributed by atoms with Crippen LogP contribution in [0.1, 0.15) is 43.7 Å². The van der Waals surface area contributed by atoms with Crippen molar-refractivity contribution < 1.29 is 0 Å². The maximum absolute atomic E-state index is 12.9. The number of rotatable bonds is 4. The van der Waals surface area contributed by atoms with E-state index >= 15 is 0 Å². The molecule has 1 aliphatic carbocycles. The average Bonchev–Trinajstić information content (AvgIpc) is 3.08. The minimum absolute atomic E-state index is 0.00927. The summed E-state index contributed by atoms with van der Waals surface area (Å²) < 4.78 is 3.28. The Kier molecular flexibility index (Phi) is 3.27. The van der Waals surface area contributed by atoms with Gasteiger partial charge >= 0.3 is 0 Å². The molecular formula is C17H18N6O. The van der Waals surface area contributed by atoms with Crippen molar-refractivity contribution in [1.82, 2.24) is 24.4 Å². The Morgan fingerprint density at radius 2 is 2.25 bits per heavy atom. The summed E-state index contributed by atoms with van der Waals surface area (Å²) in [7, 11) is 0. The van der Waals surface area contributed by atoms with Crippen molar-refractivity contribution in [3.05, 3.63) is 39.9 Å². The molecular weight excluding hydrogens is 304 g/mol. The van der Waals surface area contributed by atoms with Crippen LogP contribution in [0.15, 0.2) is 23.3 Å². The molecule has 3 aromatic heterocycles. The minimum Gasteiger partial charge on any atom is -0.295 e. The molecule has 4 rings (SSSR count). The van der Waals surface area contributed by atoms with E-state index in [1.165, 1.54) is 23.6 Å². The van der Waals surface area contributed by atoms with Crippen molar-refractivity contribution in [3.8, 4) is 17.5 Å². The van der Waals surface area contributed by atoms with Crippen molar-refractivity contribution in [2.75, 3.05) is 0 Å². The largest absolute Gasteiger partial charge is 0.295 e. The molecule has 0 radical (unpaired) electrons. The van der Waals surface area contributed by atoms with Crippen molar-refractivity contribution in [3.63, 3.8) is 0 Å². The molecule has 1 N–H and O–H groups in total. The van der Waals surface area contributed by atoms with E-state index in [1.807, 2.05) is 24.6 Å². The van der Waals surface area contributed by atoms with E-state index in [4.69, 9.17) is 0 Å². The van der Waals surface area contributed by atoms with Gasteiger partial charge in [-0.3, -0.25) is 14.6 Å².